The molecule has 30 heavy (non-hydrogen) atoms. The van der Waals surface area contributed by atoms with E-state index in [0.29, 0.717) is 43.4 Å². The van der Waals surface area contributed by atoms with Crippen molar-refractivity contribution >= 4 is 5.91 Å². The fourth-order valence-electron chi connectivity index (χ4n) is 3.00. The van der Waals surface area contributed by atoms with Gasteiger partial charge in [-0.3, -0.25) is 10.2 Å². The number of ether oxygens (including phenoxy) is 2. The molecule has 0 bridgehead atoms. The highest BCUT2D eigenvalue weighted by Crippen LogP contribution is 2.22. The number of amides is 1. The Morgan fingerprint density at radius 2 is 1.97 bits per heavy atom. The van der Waals surface area contributed by atoms with Crippen molar-refractivity contribution in [2.45, 2.75) is 6.61 Å². The quantitative estimate of drug-likeness (QED) is 0.657. The Kier molecular flexibility index (Phi) is 5.96. The van der Waals surface area contributed by atoms with Gasteiger partial charge in [-0.1, -0.05) is 5.21 Å². The fourth-order valence-corrected chi connectivity index (χ4v) is 3.00. The van der Waals surface area contributed by atoms with E-state index in [1.54, 1.807) is 36.0 Å². The zero-order valence-electron chi connectivity index (χ0n) is 16.4. The predicted octanol–water partition coefficient (Wildman–Crippen LogP) is 1.57. The summed E-state index contributed by atoms with van der Waals surface area (Å²) < 4.78 is 25.8. The first-order chi connectivity index (χ1) is 14.6. The summed E-state index contributed by atoms with van der Waals surface area (Å²) in [5.74, 6) is -0.183. The molecular weight excluding hydrogens is 391 g/mol. The number of hydrogen-bond donors (Lipinski definition) is 1. The van der Waals surface area contributed by atoms with Crippen LogP contribution in [0.4, 0.5) is 4.39 Å². The van der Waals surface area contributed by atoms with Gasteiger partial charge in [0.15, 0.2) is 0 Å². The van der Waals surface area contributed by atoms with Gasteiger partial charge in [0.05, 0.1) is 18.8 Å². The highest BCUT2D eigenvalue weighted by molar-refractivity contribution is 5.93. The van der Waals surface area contributed by atoms with Crippen molar-refractivity contribution in [2.75, 3.05) is 26.3 Å². The number of carbonyl (C=O) groups excluding carboxylic acids is 1. The number of pyridine rings is 1. The van der Waals surface area contributed by atoms with E-state index < -0.39 is 0 Å². The van der Waals surface area contributed by atoms with Gasteiger partial charge in [0.1, 0.15) is 23.8 Å². The second-order valence-corrected chi connectivity index (χ2v) is 6.73. The average Bonchev–Trinajstić information content (AvgIpc) is 3.14. The Morgan fingerprint density at radius 1 is 1.20 bits per heavy atom. The predicted molar refractivity (Wildman–Crippen MR) is 105 cm³/mol. The van der Waals surface area contributed by atoms with E-state index in [9.17, 15) is 9.18 Å². The second kappa shape index (κ2) is 8.97. The first-order valence-corrected chi connectivity index (χ1v) is 9.47. The van der Waals surface area contributed by atoms with Gasteiger partial charge in [-0.15, -0.1) is 5.10 Å². The number of rotatable bonds is 6. The summed E-state index contributed by atoms with van der Waals surface area (Å²) in [6.45, 7) is 2.65. The van der Waals surface area contributed by atoms with E-state index in [-0.39, 0.29) is 18.3 Å². The van der Waals surface area contributed by atoms with E-state index in [2.05, 4.69) is 20.7 Å². The molecule has 9 nitrogen and oxygen atoms in total. The van der Waals surface area contributed by atoms with Crippen LogP contribution in [0.15, 0.2) is 42.6 Å². The monoisotopic (exact) mass is 412 g/mol. The number of aryl methyl sites for hydroxylation is 1. The largest absolute Gasteiger partial charge is 0.471 e. The van der Waals surface area contributed by atoms with E-state index in [0.717, 1.165) is 11.3 Å². The number of benzene rings is 1. The molecule has 1 aliphatic rings. The van der Waals surface area contributed by atoms with Crippen molar-refractivity contribution in [3.63, 3.8) is 0 Å². The molecule has 0 atom stereocenters. The maximum atomic E-state index is 13.2. The summed E-state index contributed by atoms with van der Waals surface area (Å²) in [5.41, 5.74) is 5.34. The normalized spacial score (nSPS) is 14.5. The molecule has 0 radical (unpaired) electrons. The number of aromatic nitrogens is 4. The zero-order chi connectivity index (χ0) is 20.9. The molecule has 156 valence electrons. The van der Waals surface area contributed by atoms with Crippen LogP contribution < -0.4 is 10.2 Å². The van der Waals surface area contributed by atoms with E-state index in [4.69, 9.17) is 9.47 Å². The Hall–Kier alpha value is -3.37. The minimum absolute atomic E-state index is 0.169. The molecular formula is C20H21FN6O3. The van der Waals surface area contributed by atoms with Crippen LogP contribution in [0.5, 0.6) is 5.88 Å². The molecule has 1 aliphatic heterocycles. The maximum Gasteiger partial charge on any atom is 0.267 e. The van der Waals surface area contributed by atoms with Gasteiger partial charge in [-0.25, -0.2) is 19.1 Å². The van der Waals surface area contributed by atoms with Crippen LogP contribution in [-0.4, -0.2) is 57.2 Å². The highest BCUT2D eigenvalue weighted by atomic mass is 19.1. The molecule has 0 aliphatic carbocycles. The van der Waals surface area contributed by atoms with Crippen molar-refractivity contribution < 1.29 is 18.7 Å². The summed E-state index contributed by atoms with van der Waals surface area (Å²) in [6, 6.07) is 9.32. The minimum Gasteiger partial charge on any atom is -0.471 e. The molecule has 4 rings (SSSR count). The number of hydrogen-bond acceptors (Lipinski definition) is 7. The van der Waals surface area contributed by atoms with Crippen LogP contribution in [0.1, 0.15) is 16.1 Å². The first kappa shape index (κ1) is 19.9. The van der Waals surface area contributed by atoms with E-state index >= 15 is 0 Å². The number of morpholine rings is 1. The third-order valence-corrected chi connectivity index (χ3v) is 4.69. The Labute approximate surface area is 172 Å². The second-order valence-electron chi connectivity index (χ2n) is 6.73. The van der Waals surface area contributed by atoms with Crippen LogP contribution in [-0.2, 0) is 18.4 Å². The SMILES string of the molecule is Cn1nnc(-c2ccc(F)cc2)c1COc1ccc(C(=O)NN2CCOCC2)cn1. The molecule has 1 amide bonds. The zero-order valence-corrected chi connectivity index (χ0v) is 16.4. The number of carbonyl (C=O) groups is 1. The standard InChI is InChI=1S/C20H21FN6O3/c1-26-17(19(23-25-26)14-2-5-16(21)6-3-14)13-30-18-7-4-15(12-22-18)20(28)24-27-8-10-29-11-9-27/h2-7,12H,8-11,13H2,1H3,(H,24,28). The van der Waals surface area contributed by atoms with Crippen molar-refractivity contribution in [2.24, 2.45) is 7.05 Å². The number of nitrogens with one attached hydrogen (secondary N) is 1. The van der Waals surface area contributed by atoms with Crippen molar-refractivity contribution in [3.8, 4) is 17.1 Å². The lowest BCUT2D eigenvalue weighted by atomic mass is 10.1. The summed E-state index contributed by atoms with van der Waals surface area (Å²) >= 11 is 0. The van der Waals surface area contributed by atoms with Crippen molar-refractivity contribution in [1.82, 2.24) is 30.4 Å². The molecule has 1 saturated heterocycles. The lowest BCUT2D eigenvalue weighted by molar-refractivity contribution is 0.0126. The van der Waals surface area contributed by atoms with Gasteiger partial charge in [-0.05, 0) is 30.3 Å². The summed E-state index contributed by atoms with van der Waals surface area (Å²) in [6.07, 6.45) is 1.47. The third-order valence-electron chi connectivity index (χ3n) is 4.69. The fraction of sp³-hybridized carbons (Fsp3) is 0.300. The van der Waals surface area contributed by atoms with E-state index in [1.807, 2.05) is 5.01 Å². The molecule has 1 N–H and O–H groups in total. The molecule has 0 saturated carbocycles. The molecule has 3 heterocycles. The summed E-state index contributed by atoms with van der Waals surface area (Å²) in [7, 11) is 1.76. The third kappa shape index (κ3) is 4.61. The van der Waals surface area contributed by atoms with Gasteiger partial charge in [0.25, 0.3) is 5.91 Å². The lowest BCUT2D eigenvalue weighted by Crippen LogP contribution is -2.48. The molecule has 1 aromatic carbocycles. The molecule has 1 fully saturated rings. The van der Waals surface area contributed by atoms with Crippen LogP contribution in [0.2, 0.25) is 0 Å². The Morgan fingerprint density at radius 3 is 2.67 bits per heavy atom. The van der Waals surface area contributed by atoms with Gasteiger partial charge >= 0.3 is 0 Å². The molecule has 3 aromatic rings. The first-order valence-electron chi connectivity index (χ1n) is 9.47. The molecule has 0 spiro atoms. The maximum absolute atomic E-state index is 13.2. The minimum atomic E-state index is -0.317. The average molecular weight is 412 g/mol. The Balaban J connectivity index is 1.39. The number of nitrogens with zero attached hydrogens (tertiary/aromatic N) is 5. The van der Waals surface area contributed by atoms with Crippen LogP contribution >= 0.6 is 0 Å². The van der Waals surface area contributed by atoms with Crippen molar-refractivity contribution in [3.05, 3.63) is 59.7 Å². The number of halogens is 1. The smallest absolute Gasteiger partial charge is 0.267 e. The van der Waals surface area contributed by atoms with Crippen LogP contribution in [0.25, 0.3) is 11.3 Å². The molecule has 0 unspecified atom stereocenters. The van der Waals surface area contributed by atoms with Gasteiger partial charge in [0.2, 0.25) is 5.88 Å². The molecule has 2 aromatic heterocycles. The van der Waals surface area contributed by atoms with Gasteiger partial charge in [0, 0.05) is 38.0 Å². The van der Waals surface area contributed by atoms with E-state index in [1.165, 1.54) is 18.3 Å². The van der Waals surface area contributed by atoms with Crippen molar-refractivity contribution in [1.29, 1.82) is 0 Å². The Bertz CT molecular complexity index is 1000. The van der Waals surface area contributed by atoms with Crippen LogP contribution in [0, 0.1) is 5.82 Å². The lowest BCUT2D eigenvalue weighted by Gasteiger charge is -2.26. The topological polar surface area (TPSA) is 94.4 Å². The highest BCUT2D eigenvalue weighted by Gasteiger charge is 2.16. The summed E-state index contributed by atoms with van der Waals surface area (Å²) in [5, 5.41) is 9.99. The van der Waals surface area contributed by atoms with Gasteiger partial charge in [-0.2, -0.15) is 0 Å². The number of hydrazine groups is 1. The van der Waals surface area contributed by atoms with Crippen LogP contribution in [0.3, 0.4) is 0 Å². The van der Waals surface area contributed by atoms with Gasteiger partial charge < -0.3 is 9.47 Å². The molecule has 10 heteroatoms. The summed E-state index contributed by atoms with van der Waals surface area (Å²) in [4.78, 5) is 16.5.